The number of hydrogen-bond donors (Lipinski definition) is 1. The molecule has 0 radical (unpaired) electrons. The van der Waals surface area contributed by atoms with Crippen LogP contribution in [0.3, 0.4) is 0 Å². The average Bonchev–Trinajstić information content (AvgIpc) is 3.16. The molecule has 0 amide bonds. The Morgan fingerprint density at radius 3 is 2.96 bits per heavy atom. The predicted octanol–water partition coefficient (Wildman–Crippen LogP) is 2.02. The number of hydrogen-bond acceptors (Lipinski definition) is 7. The minimum atomic E-state index is -0.573. The van der Waals surface area contributed by atoms with Gasteiger partial charge in [0, 0.05) is 31.2 Å². The molecule has 24 heavy (non-hydrogen) atoms. The van der Waals surface area contributed by atoms with Gasteiger partial charge in [-0.15, -0.1) is 11.3 Å². The van der Waals surface area contributed by atoms with E-state index in [1.54, 1.807) is 17.5 Å². The van der Waals surface area contributed by atoms with E-state index in [4.69, 9.17) is 14.2 Å². The minimum Gasteiger partial charge on any atom is -0.486 e. The van der Waals surface area contributed by atoms with Gasteiger partial charge in [0.25, 0.3) is 0 Å². The molecule has 7 heteroatoms. The molecule has 0 saturated carbocycles. The quantitative estimate of drug-likeness (QED) is 0.912. The van der Waals surface area contributed by atoms with Crippen molar-refractivity contribution in [3.63, 3.8) is 0 Å². The largest absolute Gasteiger partial charge is 0.486 e. The van der Waals surface area contributed by atoms with Gasteiger partial charge < -0.3 is 19.3 Å². The minimum absolute atomic E-state index is 0.00813. The van der Waals surface area contributed by atoms with Crippen LogP contribution in [0.25, 0.3) is 0 Å². The van der Waals surface area contributed by atoms with Crippen molar-refractivity contribution in [3.8, 4) is 11.5 Å². The summed E-state index contributed by atoms with van der Waals surface area (Å²) in [4.78, 5) is 6.55. The lowest BCUT2D eigenvalue weighted by molar-refractivity contribution is -0.0425. The molecule has 1 aromatic heterocycles. The van der Waals surface area contributed by atoms with Gasteiger partial charge in [-0.25, -0.2) is 4.98 Å². The molecule has 6 nitrogen and oxygen atoms in total. The standard InChI is InChI=1S/C17H20N2O4S/c20-13(12-1-2-14-15(9-12)23-7-6-22-14)10-19-4-5-21-16(11-19)17-18-3-8-24-17/h1-3,8-9,13,16,20H,4-7,10-11H2/t13-,16+/m0/s1. The van der Waals surface area contributed by atoms with Crippen molar-refractivity contribution in [2.24, 2.45) is 0 Å². The maximum absolute atomic E-state index is 10.6. The van der Waals surface area contributed by atoms with Crippen molar-refractivity contribution in [1.29, 1.82) is 0 Å². The monoisotopic (exact) mass is 348 g/mol. The number of ether oxygens (including phenoxy) is 3. The van der Waals surface area contributed by atoms with Crippen LogP contribution in [-0.4, -0.2) is 54.4 Å². The second-order valence-electron chi connectivity index (χ2n) is 5.91. The second kappa shape index (κ2) is 7.06. The third-order valence-corrected chi connectivity index (χ3v) is 5.13. The first-order valence-electron chi connectivity index (χ1n) is 8.10. The lowest BCUT2D eigenvalue weighted by Crippen LogP contribution is -2.40. The zero-order valence-electron chi connectivity index (χ0n) is 13.3. The number of aromatic nitrogens is 1. The molecule has 3 heterocycles. The topological polar surface area (TPSA) is 64.1 Å². The summed E-state index contributed by atoms with van der Waals surface area (Å²) >= 11 is 1.61. The number of morpholine rings is 1. The molecule has 2 aliphatic rings. The third-order valence-electron chi connectivity index (χ3n) is 4.26. The van der Waals surface area contributed by atoms with Crippen LogP contribution in [0.15, 0.2) is 29.8 Å². The Hall–Kier alpha value is -1.67. The fraction of sp³-hybridized carbons (Fsp3) is 0.471. The highest BCUT2D eigenvalue weighted by molar-refractivity contribution is 7.09. The predicted molar refractivity (Wildman–Crippen MR) is 89.6 cm³/mol. The summed E-state index contributed by atoms with van der Waals surface area (Å²) < 4.78 is 16.9. The van der Waals surface area contributed by atoms with Crippen LogP contribution in [0.4, 0.5) is 0 Å². The van der Waals surface area contributed by atoms with Gasteiger partial charge in [-0.05, 0) is 17.7 Å². The van der Waals surface area contributed by atoms with Gasteiger partial charge in [0.05, 0.1) is 12.7 Å². The second-order valence-corrected chi connectivity index (χ2v) is 6.83. The SMILES string of the molecule is O[C@@H](CN1CCO[C@@H](c2nccs2)C1)c1ccc2c(c1)OCCO2. The molecule has 0 aliphatic carbocycles. The van der Waals surface area contributed by atoms with Gasteiger partial charge >= 0.3 is 0 Å². The van der Waals surface area contributed by atoms with Crippen LogP contribution >= 0.6 is 11.3 Å². The number of benzene rings is 1. The summed E-state index contributed by atoms with van der Waals surface area (Å²) in [7, 11) is 0. The highest BCUT2D eigenvalue weighted by atomic mass is 32.1. The van der Waals surface area contributed by atoms with Gasteiger partial charge in [0.15, 0.2) is 11.5 Å². The molecule has 128 valence electrons. The van der Waals surface area contributed by atoms with Crippen molar-refractivity contribution < 1.29 is 19.3 Å². The molecule has 2 aromatic rings. The van der Waals surface area contributed by atoms with Crippen molar-refractivity contribution in [2.75, 3.05) is 39.5 Å². The highest BCUT2D eigenvalue weighted by Gasteiger charge is 2.26. The third kappa shape index (κ3) is 3.39. The molecule has 2 aliphatic heterocycles. The zero-order valence-corrected chi connectivity index (χ0v) is 14.1. The first-order valence-corrected chi connectivity index (χ1v) is 8.98. The Kier molecular flexibility index (Phi) is 4.66. The fourth-order valence-corrected chi connectivity index (χ4v) is 3.71. The highest BCUT2D eigenvalue weighted by Crippen LogP contribution is 2.33. The smallest absolute Gasteiger partial charge is 0.161 e. The van der Waals surface area contributed by atoms with Crippen LogP contribution < -0.4 is 9.47 Å². The molecule has 0 bridgehead atoms. The molecule has 4 rings (SSSR count). The van der Waals surface area contributed by atoms with E-state index in [1.807, 2.05) is 23.6 Å². The summed E-state index contributed by atoms with van der Waals surface area (Å²) in [5, 5.41) is 13.6. The molecule has 1 saturated heterocycles. The van der Waals surface area contributed by atoms with E-state index in [2.05, 4.69) is 9.88 Å². The molecule has 0 spiro atoms. The molecular formula is C17H20N2O4S. The summed E-state index contributed by atoms with van der Waals surface area (Å²) in [6.07, 6.45) is 1.22. The number of β-amino-alcohol motifs (C(OH)–C–C–N with tert-alkyl or cyclic N) is 1. The zero-order chi connectivity index (χ0) is 16.4. The molecule has 0 unspecified atom stereocenters. The van der Waals surface area contributed by atoms with E-state index in [0.29, 0.717) is 32.1 Å². The average molecular weight is 348 g/mol. The number of nitrogens with zero attached hydrogens (tertiary/aromatic N) is 2. The molecule has 1 N–H and O–H groups in total. The van der Waals surface area contributed by atoms with E-state index < -0.39 is 6.10 Å². The maximum Gasteiger partial charge on any atom is 0.161 e. The first kappa shape index (κ1) is 15.8. The van der Waals surface area contributed by atoms with E-state index >= 15 is 0 Å². The number of rotatable bonds is 4. The Morgan fingerprint density at radius 1 is 1.25 bits per heavy atom. The fourth-order valence-electron chi connectivity index (χ4n) is 3.03. The van der Waals surface area contributed by atoms with Gasteiger partial charge in [0.1, 0.15) is 24.3 Å². The van der Waals surface area contributed by atoms with Gasteiger partial charge in [0.2, 0.25) is 0 Å². The van der Waals surface area contributed by atoms with Crippen LogP contribution in [0.5, 0.6) is 11.5 Å². The maximum atomic E-state index is 10.6. The van der Waals surface area contributed by atoms with Gasteiger partial charge in [-0.3, -0.25) is 4.90 Å². The first-order chi connectivity index (χ1) is 11.8. The Bertz CT molecular complexity index is 679. The summed E-state index contributed by atoms with van der Waals surface area (Å²) in [5.74, 6) is 1.45. The molecular weight excluding hydrogens is 328 g/mol. The van der Waals surface area contributed by atoms with E-state index in [1.165, 1.54) is 0 Å². The molecule has 2 atom stereocenters. The molecule has 1 fully saturated rings. The van der Waals surface area contributed by atoms with Crippen molar-refractivity contribution in [3.05, 3.63) is 40.3 Å². The van der Waals surface area contributed by atoms with Crippen LogP contribution in [0, 0.1) is 0 Å². The summed E-state index contributed by atoms with van der Waals surface area (Å²) in [6, 6.07) is 5.64. The lowest BCUT2D eigenvalue weighted by atomic mass is 10.1. The van der Waals surface area contributed by atoms with Crippen LogP contribution in [0.2, 0.25) is 0 Å². The number of fused-ring (bicyclic) bond motifs is 1. The van der Waals surface area contributed by atoms with Crippen molar-refractivity contribution in [2.45, 2.75) is 12.2 Å². The summed E-state index contributed by atoms with van der Waals surface area (Å²) in [6.45, 7) is 3.88. The Morgan fingerprint density at radius 2 is 2.12 bits per heavy atom. The van der Waals surface area contributed by atoms with Crippen LogP contribution in [0.1, 0.15) is 22.8 Å². The Balaban J connectivity index is 1.41. The Labute approximate surface area is 144 Å². The normalized spacial score (nSPS) is 22.3. The van der Waals surface area contributed by atoms with E-state index in [0.717, 1.165) is 29.4 Å². The number of thiazole rings is 1. The van der Waals surface area contributed by atoms with Gasteiger partial charge in [-0.1, -0.05) is 6.07 Å². The van der Waals surface area contributed by atoms with E-state index in [9.17, 15) is 5.11 Å². The van der Waals surface area contributed by atoms with Crippen molar-refractivity contribution >= 4 is 11.3 Å². The van der Waals surface area contributed by atoms with Gasteiger partial charge in [-0.2, -0.15) is 0 Å². The van der Waals surface area contributed by atoms with Crippen LogP contribution in [-0.2, 0) is 4.74 Å². The lowest BCUT2D eigenvalue weighted by Gasteiger charge is -2.33. The number of aliphatic hydroxyl groups is 1. The number of aliphatic hydroxyl groups excluding tert-OH is 1. The molecule has 1 aromatic carbocycles. The van der Waals surface area contributed by atoms with Crippen molar-refractivity contribution in [1.82, 2.24) is 9.88 Å². The van der Waals surface area contributed by atoms with E-state index in [-0.39, 0.29) is 6.10 Å². The summed E-state index contributed by atoms with van der Waals surface area (Å²) in [5.41, 5.74) is 0.844.